The van der Waals surface area contributed by atoms with Crippen LogP contribution >= 0.6 is 0 Å². The Kier molecular flexibility index (Phi) is 4.48. The van der Waals surface area contributed by atoms with E-state index in [0.717, 1.165) is 5.56 Å². The van der Waals surface area contributed by atoms with Crippen molar-refractivity contribution in [2.24, 2.45) is 0 Å². The van der Waals surface area contributed by atoms with Crippen molar-refractivity contribution in [1.29, 1.82) is 0 Å². The van der Waals surface area contributed by atoms with Crippen molar-refractivity contribution < 1.29 is 18.3 Å². The first-order valence-corrected chi connectivity index (χ1v) is 7.02. The van der Waals surface area contributed by atoms with E-state index in [1.54, 1.807) is 19.1 Å². The molecule has 0 amide bonds. The number of sulfonamides is 1. The van der Waals surface area contributed by atoms with Crippen LogP contribution in [0.1, 0.15) is 24.5 Å². The van der Waals surface area contributed by atoms with E-state index in [9.17, 15) is 13.2 Å². The van der Waals surface area contributed by atoms with E-state index in [1.807, 2.05) is 6.92 Å². The third kappa shape index (κ3) is 3.82. The van der Waals surface area contributed by atoms with E-state index < -0.39 is 22.0 Å². The average molecular weight is 271 g/mol. The van der Waals surface area contributed by atoms with Gasteiger partial charge in [-0.05, 0) is 32.4 Å². The number of aryl methyl sites for hydroxylation is 2. The predicted octanol–water partition coefficient (Wildman–Crippen LogP) is 1.44. The maximum absolute atomic E-state index is 12.1. The SMILES string of the molecule is Cc1ccc(S(=O)(=O)NC(C)CC(=O)O)c(C)c1. The van der Waals surface area contributed by atoms with E-state index in [2.05, 4.69) is 4.72 Å². The highest BCUT2D eigenvalue weighted by Gasteiger charge is 2.20. The van der Waals surface area contributed by atoms with Gasteiger partial charge in [0.25, 0.3) is 0 Å². The minimum absolute atomic E-state index is 0.185. The van der Waals surface area contributed by atoms with Crippen LogP contribution in [0.2, 0.25) is 0 Å². The Morgan fingerprint density at radius 2 is 2.00 bits per heavy atom. The minimum atomic E-state index is -3.67. The number of carboxylic acid groups (broad SMARTS) is 1. The summed E-state index contributed by atoms with van der Waals surface area (Å²) in [6.45, 7) is 5.11. The monoisotopic (exact) mass is 271 g/mol. The van der Waals surface area contributed by atoms with Crippen molar-refractivity contribution in [1.82, 2.24) is 4.72 Å². The topological polar surface area (TPSA) is 83.5 Å². The minimum Gasteiger partial charge on any atom is -0.481 e. The molecule has 0 saturated carbocycles. The van der Waals surface area contributed by atoms with Gasteiger partial charge in [0.2, 0.25) is 10.0 Å². The van der Waals surface area contributed by atoms with Crippen LogP contribution in [0, 0.1) is 13.8 Å². The molecule has 0 aliphatic heterocycles. The molecule has 0 spiro atoms. The van der Waals surface area contributed by atoms with Gasteiger partial charge in [-0.3, -0.25) is 4.79 Å². The lowest BCUT2D eigenvalue weighted by Crippen LogP contribution is -2.34. The second-order valence-corrected chi connectivity index (χ2v) is 6.07. The molecule has 0 aliphatic rings. The summed E-state index contributed by atoms with van der Waals surface area (Å²) in [7, 11) is -3.67. The highest BCUT2D eigenvalue weighted by Crippen LogP contribution is 2.16. The van der Waals surface area contributed by atoms with Crippen LogP contribution in [0.3, 0.4) is 0 Å². The van der Waals surface area contributed by atoms with Gasteiger partial charge in [0.15, 0.2) is 0 Å². The fraction of sp³-hybridized carbons (Fsp3) is 0.417. The van der Waals surface area contributed by atoms with Crippen molar-refractivity contribution in [2.75, 3.05) is 0 Å². The molecule has 5 nitrogen and oxygen atoms in total. The highest BCUT2D eigenvalue weighted by atomic mass is 32.2. The average Bonchev–Trinajstić information content (AvgIpc) is 2.13. The van der Waals surface area contributed by atoms with E-state index >= 15 is 0 Å². The van der Waals surface area contributed by atoms with Gasteiger partial charge >= 0.3 is 5.97 Å². The lowest BCUT2D eigenvalue weighted by Gasteiger charge is -2.14. The maximum Gasteiger partial charge on any atom is 0.304 e. The summed E-state index contributed by atoms with van der Waals surface area (Å²) < 4.78 is 26.5. The van der Waals surface area contributed by atoms with Crippen LogP contribution in [0.5, 0.6) is 0 Å². The van der Waals surface area contributed by atoms with Crippen LogP contribution in [0.4, 0.5) is 0 Å². The number of carbonyl (C=O) groups is 1. The Hall–Kier alpha value is -1.40. The third-order valence-corrected chi connectivity index (χ3v) is 4.21. The first-order chi connectivity index (χ1) is 8.22. The largest absolute Gasteiger partial charge is 0.481 e. The summed E-state index contributed by atoms with van der Waals surface area (Å²) in [6, 6.07) is 4.37. The molecular weight excluding hydrogens is 254 g/mol. The van der Waals surface area contributed by atoms with E-state index in [1.165, 1.54) is 13.0 Å². The van der Waals surface area contributed by atoms with Gasteiger partial charge in [-0.2, -0.15) is 0 Å². The number of aliphatic carboxylic acids is 1. The lowest BCUT2D eigenvalue weighted by molar-refractivity contribution is -0.137. The van der Waals surface area contributed by atoms with Gasteiger partial charge in [-0.15, -0.1) is 0 Å². The van der Waals surface area contributed by atoms with Gasteiger partial charge in [-0.1, -0.05) is 17.7 Å². The van der Waals surface area contributed by atoms with Gasteiger partial charge in [0.05, 0.1) is 11.3 Å². The highest BCUT2D eigenvalue weighted by molar-refractivity contribution is 7.89. The van der Waals surface area contributed by atoms with E-state index in [-0.39, 0.29) is 11.3 Å². The molecule has 100 valence electrons. The fourth-order valence-electron chi connectivity index (χ4n) is 1.73. The van der Waals surface area contributed by atoms with Gasteiger partial charge < -0.3 is 5.11 Å². The number of nitrogens with one attached hydrogen (secondary N) is 1. The zero-order valence-electron chi connectivity index (χ0n) is 10.6. The molecule has 0 fully saturated rings. The zero-order chi connectivity index (χ0) is 13.9. The summed E-state index contributed by atoms with van der Waals surface area (Å²) >= 11 is 0. The molecule has 18 heavy (non-hydrogen) atoms. The summed E-state index contributed by atoms with van der Waals surface area (Å²) in [5.41, 5.74) is 1.62. The van der Waals surface area contributed by atoms with Crippen molar-refractivity contribution in [3.05, 3.63) is 29.3 Å². The van der Waals surface area contributed by atoms with Crippen molar-refractivity contribution in [2.45, 2.75) is 38.1 Å². The predicted molar refractivity (Wildman–Crippen MR) is 68.0 cm³/mol. The number of hydrogen-bond donors (Lipinski definition) is 2. The summed E-state index contributed by atoms with van der Waals surface area (Å²) in [6.07, 6.45) is -0.246. The van der Waals surface area contributed by atoms with Gasteiger partial charge in [0, 0.05) is 6.04 Å². The molecule has 0 bridgehead atoms. The molecule has 6 heteroatoms. The van der Waals surface area contributed by atoms with Crippen molar-refractivity contribution in [3.63, 3.8) is 0 Å². The molecule has 0 saturated heterocycles. The van der Waals surface area contributed by atoms with Crippen LogP contribution < -0.4 is 4.72 Å². The normalized spacial score (nSPS) is 13.3. The van der Waals surface area contributed by atoms with Crippen LogP contribution in [-0.2, 0) is 14.8 Å². The molecule has 1 aromatic carbocycles. The summed E-state index contributed by atoms with van der Waals surface area (Å²) in [4.78, 5) is 10.7. The molecule has 0 heterocycles. The van der Waals surface area contributed by atoms with Crippen molar-refractivity contribution in [3.8, 4) is 0 Å². The van der Waals surface area contributed by atoms with Crippen LogP contribution in [0.25, 0.3) is 0 Å². The van der Waals surface area contributed by atoms with Crippen molar-refractivity contribution >= 4 is 16.0 Å². The van der Waals surface area contributed by atoms with Crippen LogP contribution in [-0.4, -0.2) is 25.5 Å². The first-order valence-electron chi connectivity index (χ1n) is 5.54. The Balaban J connectivity index is 2.96. The Bertz CT molecular complexity index is 551. The number of benzene rings is 1. The molecule has 1 aromatic rings. The Morgan fingerprint density at radius 3 is 2.50 bits per heavy atom. The molecule has 1 unspecified atom stereocenters. The first kappa shape index (κ1) is 14.7. The molecule has 1 atom stereocenters. The van der Waals surface area contributed by atoms with E-state index in [4.69, 9.17) is 5.11 Å². The number of rotatable bonds is 5. The molecule has 0 radical (unpaired) electrons. The second kappa shape index (κ2) is 5.49. The number of hydrogen-bond acceptors (Lipinski definition) is 3. The zero-order valence-corrected chi connectivity index (χ0v) is 11.4. The molecule has 1 rings (SSSR count). The van der Waals surface area contributed by atoms with Gasteiger partial charge in [0.1, 0.15) is 0 Å². The van der Waals surface area contributed by atoms with E-state index in [0.29, 0.717) is 5.56 Å². The number of carboxylic acids is 1. The molecular formula is C12H17NO4S. The maximum atomic E-state index is 12.1. The smallest absolute Gasteiger partial charge is 0.304 e. The third-order valence-electron chi connectivity index (χ3n) is 2.46. The molecule has 0 aromatic heterocycles. The fourth-order valence-corrected chi connectivity index (χ4v) is 3.20. The quantitative estimate of drug-likeness (QED) is 0.849. The summed E-state index contributed by atoms with van der Waals surface area (Å²) in [5.74, 6) is -1.04. The van der Waals surface area contributed by atoms with Gasteiger partial charge in [-0.25, -0.2) is 13.1 Å². The molecule has 2 N–H and O–H groups in total. The standard InChI is InChI=1S/C12H17NO4S/c1-8-4-5-11(9(2)6-8)18(16,17)13-10(3)7-12(14)15/h4-6,10,13H,7H2,1-3H3,(H,14,15). The second-order valence-electron chi connectivity index (χ2n) is 4.39. The Morgan fingerprint density at radius 1 is 1.39 bits per heavy atom. The molecule has 0 aliphatic carbocycles. The summed E-state index contributed by atoms with van der Waals surface area (Å²) in [5, 5.41) is 8.61. The lowest BCUT2D eigenvalue weighted by atomic mass is 10.2. The van der Waals surface area contributed by atoms with Crippen LogP contribution in [0.15, 0.2) is 23.1 Å². The Labute approximate surface area is 107 Å².